The first-order chi connectivity index (χ1) is 10.6. The van der Waals surface area contributed by atoms with Crippen LogP contribution in [0, 0.1) is 13.8 Å². The summed E-state index contributed by atoms with van der Waals surface area (Å²) in [6.07, 6.45) is 0. The monoisotopic (exact) mass is 297 g/mol. The summed E-state index contributed by atoms with van der Waals surface area (Å²) in [5.74, 6) is -0.267. The fourth-order valence-electron chi connectivity index (χ4n) is 1.94. The third kappa shape index (κ3) is 4.34. The summed E-state index contributed by atoms with van der Waals surface area (Å²) in [6.45, 7) is 3.84. The molecule has 0 radical (unpaired) electrons. The van der Waals surface area contributed by atoms with E-state index in [0.717, 1.165) is 16.8 Å². The highest BCUT2D eigenvalue weighted by atomic mass is 16.2. The molecule has 0 heterocycles. The van der Waals surface area contributed by atoms with Gasteiger partial charge >= 0.3 is 6.03 Å². The van der Waals surface area contributed by atoms with Gasteiger partial charge in [-0.25, -0.2) is 4.79 Å². The van der Waals surface area contributed by atoms with Crippen molar-refractivity contribution in [2.75, 3.05) is 17.2 Å². The fourth-order valence-corrected chi connectivity index (χ4v) is 1.94. The van der Waals surface area contributed by atoms with Crippen LogP contribution in [0.2, 0.25) is 0 Å². The number of carbonyl (C=O) groups is 2. The highest BCUT2D eigenvalue weighted by Gasteiger charge is 2.08. The molecule has 0 unspecified atom stereocenters. The molecule has 0 aliphatic carbocycles. The van der Waals surface area contributed by atoms with Gasteiger partial charge < -0.3 is 16.0 Å². The van der Waals surface area contributed by atoms with Crippen LogP contribution < -0.4 is 16.0 Å². The zero-order valence-electron chi connectivity index (χ0n) is 12.6. The van der Waals surface area contributed by atoms with Crippen LogP contribution in [0.4, 0.5) is 16.2 Å². The second-order valence-electron chi connectivity index (χ2n) is 4.97. The Hall–Kier alpha value is -2.82. The summed E-state index contributed by atoms with van der Waals surface area (Å²) in [5, 5.41) is 7.96. The number of hydrogen-bond acceptors (Lipinski definition) is 2. The second-order valence-corrected chi connectivity index (χ2v) is 4.97. The molecule has 2 aromatic rings. The molecule has 5 nitrogen and oxygen atoms in total. The lowest BCUT2D eigenvalue weighted by molar-refractivity contribution is -0.115. The van der Waals surface area contributed by atoms with Gasteiger partial charge in [-0.1, -0.05) is 30.3 Å². The van der Waals surface area contributed by atoms with Crippen molar-refractivity contribution in [2.24, 2.45) is 0 Å². The maximum Gasteiger partial charge on any atom is 0.319 e. The molecule has 0 fully saturated rings. The van der Waals surface area contributed by atoms with Crippen molar-refractivity contribution in [1.29, 1.82) is 0 Å². The molecule has 2 aromatic carbocycles. The predicted molar refractivity (Wildman–Crippen MR) is 88.0 cm³/mol. The lowest BCUT2D eigenvalue weighted by Crippen LogP contribution is -2.35. The molecule has 0 aliphatic heterocycles. The maximum absolute atomic E-state index is 11.9. The Bertz CT molecular complexity index is 669. The van der Waals surface area contributed by atoms with Crippen molar-refractivity contribution in [2.45, 2.75) is 13.8 Å². The summed E-state index contributed by atoms with van der Waals surface area (Å²) >= 11 is 0. The molecule has 2 rings (SSSR count). The van der Waals surface area contributed by atoms with Crippen molar-refractivity contribution < 1.29 is 9.59 Å². The van der Waals surface area contributed by atoms with Crippen LogP contribution in [0.1, 0.15) is 11.1 Å². The van der Waals surface area contributed by atoms with Crippen LogP contribution in [-0.4, -0.2) is 18.5 Å². The van der Waals surface area contributed by atoms with E-state index in [9.17, 15) is 9.59 Å². The Balaban J connectivity index is 1.83. The highest BCUT2D eigenvalue weighted by molar-refractivity contribution is 5.97. The molecule has 0 spiro atoms. The van der Waals surface area contributed by atoms with E-state index < -0.39 is 6.03 Å². The number of rotatable bonds is 4. The van der Waals surface area contributed by atoms with E-state index in [4.69, 9.17) is 0 Å². The van der Waals surface area contributed by atoms with E-state index in [2.05, 4.69) is 16.0 Å². The Morgan fingerprint density at radius 1 is 0.909 bits per heavy atom. The minimum absolute atomic E-state index is 0.0912. The van der Waals surface area contributed by atoms with Gasteiger partial charge in [-0.05, 0) is 43.2 Å². The number of para-hydroxylation sites is 1. The van der Waals surface area contributed by atoms with Gasteiger partial charge in [0.2, 0.25) is 5.91 Å². The van der Waals surface area contributed by atoms with Gasteiger partial charge in [0.1, 0.15) is 0 Å². The third-order valence-corrected chi connectivity index (χ3v) is 3.32. The van der Waals surface area contributed by atoms with Gasteiger partial charge in [0.15, 0.2) is 0 Å². The topological polar surface area (TPSA) is 70.2 Å². The number of anilines is 2. The lowest BCUT2D eigenvalue weighted by atomic mass is 10.1. The van der Waals surface area contributed by atoms with Gasteiger partial charge in [0, 0.05) is 11.4 Å². The van der Waals surface area contributed by atoms with Crippen molar-refractivity contribution >= 4 is 23.3 Å². The van der Waals surface area contributed by atoms with Crippen LogP contribution in [0.3, 0.4) is 0 Å². The normalized spacial score (nSPS) is 9.91. The predicted octanol–water partition coefficient (Wildman–Crippen LogP) is 3.06. The van der Waals surface area contributed by atoms with Crippen LogP contribution in [0.15, 0.2) is 48.5 Å². The number of aryl methyl sites for hydroxylation is 1. The summed E-state index contributed by atoms with van der Waals surface area (Å²) in [6, 6.07) is 14.3. The minimum Gasteiger partial charge on any atom is -0.329 e. The number of urea groups is 1. The first-order valence-corrected chi connectivity index (χ1v) is 7.02. The van der Waals surface area contributed by atoms with Crippen LogP contribution in [0.5, 0.6) is 0 Å². The molecule has 0 aliphatic rings. The minimum atomic E-state index is -0.415. The summed E-state index contributed by atoms with van der Waals surface area (Å²) in [5.41, 5.74) is 3.56. The second kappa shape index (κ2) is 7.26. The van der Waals surface area contributed by atoms with E-state index in [1.165, 1.54) is 0 Å². The van der Waals surface area contributed by atoms with Crippen LogP contribution >= 0.6 is 0 Å². The van der Waals surface area contributed by atoms with E-state index in [-0.39, 0.29) is 12.5 Å². The van der Waals surface area contributed by atoms with E-state index in [1.807, 2.05) is 50.2 Å². The molecule has 3 amide bonds. The summed E-state index contributed by atoms with van der Waals surface area (Å²) in [7, 11) is 0. The smallest absolute Gasteiger partial charge is 0.319 e. The number of hydrogen-bond donors (Lipinski definition) is 3. The van der Waals surface area contributed by atoms with Gasteiger partial charge in [-0.3, -0.25) is 4.79 Å². The van der Waals surface area contributed by atoms with Crippen molar-refractivity contribution in [3.8, 4) is 0 Å². The van der Waals surface area contributed by atoms with Crippen molar-refractivity contribution in [3.63, 3.8) is 0 Å². The zero-order chi connectivity index (χ0) is 15.9. The largest absolute Gasteiger partial charge is 0.329 e. The molecule has 0 bridgehead atoms. The first-order valence-electron chi connectivity index (χ1n) is 7.02. The van der Waals surface area contributed by atoms with Crippen molar-refractivity contribution in [3.05, 3.63) is 59.7 Å². The number of amides is 3. The Morgan fingerprint density at radius 3 is 2.36 bits per heavy atom. The third-order valence-electron chi connectivity index (χ3n) is 3.32. The lowest BCUT2D eigenvalue weighted by Gasteiger charge is -2.11. The number of carbonyl (C=O) groups excluding carboxylic acids is 2. The first kappa shape index (κ1) is 15.6. The molecule has 5 heteroatoms. The summed E-state index contributed by atoms with van der Waals surface area (Å²) in [4.78, 5) is 23.6. The molecule has 114 valence electrons. The van der Waals surface area contributed by atoms with Crippen LogP contribution in [-0.2, 0) is 4.79 Å². The zero-order valence-corrected chi connectivity index (χ0v) is 12.6. The standard InChI is InChI=1S/C17H19N3O2/c1-12-7-6-10-15(13(12)2)20-16(21)11-18-17(22)19-14-8-4-3-5-9-14/h3-10H,11H2,1-2H3,(H,20,21)(H2,18,19,22). The fraction of sp³-hybridized carbons (Fsp3) is 0.176. The van der Waals surface area contributed by atoms with Gasteiger partial charge in [0.25, 0.3) is 0 Å². The maximum atomic E-state index is 11.9. The average molecular weight is 297 g/mol. The summed E-state index contributed by atoms with van der Waals surface area (Å²) < 4.78 is 0. The van der Waals surface area contributed by atoms with Gasteiger partial charge in [-0.15, -0.1) is 0 Å². The Morgan fingerprint density at radius 2 is 1.64 bits per heavy atom. The quantitative estimate of drug-likeness (QED) is 0.811. The molecular weight excluding hydrogens is 278 g/mol. The SMILES string of the molecule is Cc1cccc(NC(=O)CNC(=O)Nc2ccccc2)c1C. The van der Waals surface area contributed by atoms with Gasteiger partial charge in [0.05, 0.1) is 6.54 Å². The Labute approximate surface area is 129 Å². The molecule has 22 heavy (non-hydrogen) atoms. The molecule has 3 N–H and O–H groups in total. The van der Waals surface area contributed by atoms with E-state index >= 15 is 0 Å². The highest BCUT2D eigenvalue weighted by Crippen LogP contribution is 2.17. The van der Waals surface area contributed by atoms with E-state index in [1.54, 1.807) is 12.1 Å². The van der Waals surface area contributed by atoms with Crippen molar-refractivity contribution in [1.82, 2.24) is 5.32 Å². The van der Waals surface area contributed by atoms with E-state index in [0.29, 0.717) is 5.69 Å². The Kier molecular flexibility index (Phi) is 5.14. The number of nitrogens with one attached hydrogen (secondary N) is 3. The average Bonchev–Trinajstić information content (AvgIpc) is 2.51. The molecule has 0 saturated carbocycles. The molecule has 0 aromatic heterocycles. The number of benzene rings is 2. The molecule has 0 atom stereocenters. The molecular formula is C17H19N3O2. The van der Waals surface area contributed by atoms with Gasteiger partial charge in [-0.2, -0.15) is 0 Å². The molecule has 0 saturated heterocycles. The van der Waals surface area contributed by atoms with Crippen LogP contribution in [0.25, 0.3) is 0 Å².